The molecule has 4 rings (SSSR count). The number of carbonyl (C=O) groups excluding carboxylic acids is 1. The van der Waals surface area contributed by atoms with Gasteiger partial charge in [-0.3, -0.25) is 4.79 Å². The highest BCUT2D eigenvalue weighted by atomic mass is 79.9. The van der Waals surface area contributed by atoms with Crippen LogP contribution in [0.15, 0.2) is 40.9 Å². The average Bonchev–Trinajstić information content (AvgIpc) is 3.35. The first-order valence-electron chi connectivity index (χ1n) is 8.00. The molecule has 0 unspecified atom stereocenters. The summed E-state index contributed by atoms with van der Waals surface area (Å²) < 4.78 is 1.06. The van der Waals surface area contributed by atoms with Crippen LogP contribution < -0.4 is 4.90 Å². The van der Waals surface area contributed by atoms with E-state index in [9.17, 15) is 4.79 Å². The van der Waals surface area contributed by atoms with Crippen molar-refractivity contribution in [3.8, 4) is 0 Å². The third kappa shape index (κ3) is 2.86. The molecule has 2 nitrogen and oxygen atoms in total. The lowest BCUT2D eigenvalue weighted by atomic mass is 9.99. The number of rotatable bonds is 1. The summed E-state index contributed by atoms with van der Waals surface area (Å²) in [5, 5.41) is 0. The summed E-state index contributed by atoms with van der Waals surface area (Å²) in [6, 6.07) is 12.6. The standard InChI is InChI=1S/C20H18BrNO/c1-13-2-9-19-16(10-13)6-5-15-11-18(21)8-7-17(15)12-22(19)20(23)14-3-4-14/h2,5-11,14H,3-4,12H2,1H3/b6-5-. The quantitative estimate of drug-likeness (QED) is 0.679. The van der Waals surface area contributed by atoms with Gasteiger partial charge in [-0.1, -0.05) is 45.8 Å². The Balaban J connectivity index is 1.87. The van der Waals surface area contributed by atoms with Gasteiger partial charge in [0.15, 0.2) is 0 Å². The normalized spacial score (nSPS) is 17.7. The van der Waals surface area contributed by atoms with Gasteiger partial charge in [0, 0.05) is 10.4 Å². The largest absolute Gasteiger partial charge is 0.307 e. The number of halogens is 1. The van der Waals surface area contributed by atoms with Crippen molar-refractivity contribution in [3.63, 3.8) is 0 Å². The summed E-state index contributed by atoms with van der Waals surface area (Å²) in [5.41, 5.74) is 5.70. The van der Waals surface area contributed by atoms with Crippen molar-refractivity contribution in [1.29, 1.82) is 0 Å². The van der Waals surface area contributed by atoms with Crippen LogP contribution in [0.4, 0.5) is 5.69 Å². The monoisotopic (exact) mass is 367 g/mol. The lowest BCUT2D eigenvalue weighted by molar-refractivity contribution is -0.119. The van der Waals surface area contributed by atoms with Crippen LogP contribution >= 0.6 is 15.9 Å². The Bertz CT molecular complexity index is 820. The molecule has 2 aliphatic rings. The molecule has 3 heteroatoms. The van der Waals surface area contributed by atoms with Gasteiger partial charge < -0.3 is 4.90 Å². The van der Waals surface area contributed by atoms with Gasteiger partial charge in [-0.15, -0.1) is 0 Å². The molecule has 23 heavy (non-hydrogen) atoms. The summed E-state index contributed by atoms with van der Waals surface area (Å²) in [6.07, 6.45) is 6.33. The highest BCUT2D eigenvalue weighted by molar-refractivity contribution is 9.10. The predicted molar refractivity (Wildman–Crippen MR) is 98.2 cm³/mol. The van der Waals surface area contributed by atoms with Crippen molar-refractivity contribution >= 4 is 39.7 Å². The number of carbonyl (C=O) groups is 1. The van der Waals surface area contributed by atoms with E-state index in [2.05, 4.69) is 65.3 Å². The molecular weight excluding hydrogens is 350 g/mol. The van der Waals surface area contributed by atoms with E-state index in [0.717, 1.165) is 28.6 Å². The Morgan fingerprint density at radius 2 is 1.87 bits per heavy atom. The van der Waals surface area contributed by atoms with E-state index in [0.29, 0.717) is 6.54 Å². The van der Waals surface area contributed by atoms with Gasteiger partial charge in [0.25, 0.3) is 0 Å². The minimum Gasteiger partial charge on any atom is -0.307 e. The van der Waals surface area contributed by atoms with Crippen LogP contribution in [0, 0.1) is 12.8 Å². The number of anilines is 1. The summed E-state index contributed by atoms with van der Waals surface area (Å²) in [6.45, 7) is 2.73. The fourth-order valence-electron chi connectivity index (χ4n) is 3.10. The summed E-state index contributed by atoms with van der Waals surface area (Å²) in [5.74, 6) is 0.478. The predicted octanol–water partition coefficient (Wildman–Crippen LogP) is 5.18. The fraction of sp³-hybridized carbons (Fsp3) is 0.250. The minimum absolute atomic E-state index is 0.214. The molecular formula is C20H18BrNO. The maximum absolute atomic E-state index is 12.8. The van der Waals surface area contributed by atoms with Crippen molar-refractivity contribution in [2.24, 2.45) is 5.92 Å². The van der Waals surface area contributed by atoms with E-state index in [-0.39, 0.29) is 11.8 Å². The third-order valence-corrected chi connectivity index (χ3v) is 5.04. The first-order valence-corrected chi connectivity index (χ1v) is 8.80. The Labute approximate surface area is 144 Å². The molecule has 1 aliphatic carbocycles. The van der Waals surface area contributed by atoms with Crippen molar-refractivity contribution in [1.82, 2.24) is 0 Å². The summed E-state index contributed by atoms with van der Waals surface area (Å²) in [4.78, 5) is 14.8. The topological polar surface area (TPSA) is 20.3 Å². The average molecular weight is 368 g/mol. The molecule has 0 N–H and O–H groups in total. The van der Waals surface area contributed by atoms with Crippen molar-refractivity contribution in [3.05, 3.63) is 63.1 Å². The van der Waals surface area contributed by atoms with Gasteiger partial charge in [0.1, 0.15) is 0 Å². The van der Waals surface area contributed by atoms with Gasteiger partial charge in [-0.2, -0.15) is 0 Å². The number of hydrogen-bond acceptors (Lipinski definition) is 1. The Hall–Kier alpha value is -1.87. The van der Waals surface area contributed by atoms with Crippen LogP contribution in [0.1, 0.15) is 35.1 Å². The van der Waals surface area contributed by atoms with Crippen molar-refractivity contribution in [2.75, 3.05) is 4.90 Å². The molecule has 116 valence electrons. The Kier molecular flexibility index (Phi) is 3.61. The molecule has 1 amide bonds. The molecule has 1 fully saturated rings. The zero-order valence-electron chi connectivity index (χ0n) is 13.1. The number of benzene rings is 2. The van der Waals surface area contributed by atoms with E-state index in [1.807, 2.05) is 11.0 Å². The van der Waals surface area contributed by atoms with Crippen LogP contribution in [0.5, 0.6) is 0 Å². The van der Waals surface area contributed by atoms with Gasteiger partial charge in [0.2, 0.25) is 5.91 Å². The van der Waals surface area contributed by atoms with Crippen LogP contribution in [0.25, 0.3) is 12.2 Å². The molecule has 1 heterocycles. The second-order valence-corrected chi connectivity index (χ2v) is 7.35. The number of aryl methyl sites for hydroxylation is 1. The molecule has 0 bridgehead atoms. The van der Waals surface area contributed by atoms with Gasteiger partial charge in [0.05, 0.1) is 12.2 Å². The maximum atomic E-state index is 12.8. The summed E-state index contributed by atoms with van der Waals surface area (Å²) in [7, 11) is 0. The van der Waals surface area contributed by atoms with Crippen LogP contribution in [-0.2, 0) is 11.3 Å². The minimum atomic E-state index is 0.214. The first kappa shape index (κ1) is 14.7. The molecule has 2 aromatic carbocycles. The molecule has 0 spiro atoms. The van der Waals surface area contributed by atoms with E-state index < -0.39 is 0 Å². The zero-order valence-corrected chi connectivity index (χ0v) is 14.6. The van der Waals surface area contributed by atoms with Gasteiger partial charge in [-0.05, 0) is 60.7 Å². The molecule has 0 radical (unpaired) electrons. The summed E-state index contributed by atoms with van der Waals surface area (Å²) >= 11 is 3.54. The number of hydrogen-bond donors (Lipinski definition) is 0. The SMILES string of the molecule is Cc1ccc2c(c1)/C=C\c1cc(Br)ccc1CN2C(=O)C1CC1. The van der Waals surface area contributed by atoms with Gasteiger partial charge in [-0.25, -0.2) is 0 Å². The smallest absolute Gasteiger partial charge is 0.230 e. The lowest BCUT2D eigenvalue weighted by Crippen LogP contribution is -2.32. The van der Waals surface area contributed by atoms with E-state index in [4.69, 9.17) is 0 Å². The van der Waals surface area contributed by atoms with Crippen molar-refractivity contribution < 1.29 is 4.79 Å². The number of fused-ring (bicyclic) bond motifs is 2. The van der Waals surface area contributed by atoms with Crippen LogP contribution in [-0.4, -0.2) is 5.91 Å². The molecule has 0 saturated heterocycles. The van der Waals surface area contributed by atoms with E-state index in [1.54, 1.807) is 0 Å². The highest BCUT2D eigenvalue weighted by Gasteiger charge is 2.35. The first-order chi connectivity index (χ1) is 11.1. The van der Waals surface area contributed by atoms with Gasteiger partial charge >= 0.3 is 0 Å². The molecule has 1 saturated carbocycles. The second-order valence-electron chi connectivity index (χ2n) is 6.44. The fourth-order valence-corrected chi connectivity index (χ4v) is 3.48. The lowest BCUT2D eigenvalue weighted by Gasteiger charge is -2.27. The Morgan fingerprint density at radius 1 is 1.09 bits per heavy atom. The molecule has 0 aromatic heterocycles. The van der Waals surface area contributed by atoms with Crippen LogP contribution in [0.2, 0.25) is 0 Å². The maximum Gasteiger partial charge on any atom is 0.230 e. The molecule has 0 atom stereocenters. The third-order valence-electron chi connectivity index (χ3n) is 4.55. The second kappa shape index (κ2) is 5.64. The zero-order chi connectivity index (χ0) is 16.0. The van der Waals surface area contributed by atoms with Crippen LogP contribution in [0.3, 0.4) is 0 Å². The number of nitrogens with zero attached hydrogens (tertiary/aromatic N) is 1. The van der Waals surface area contributed by atoms with E-state index >= 15 is 0 Å². The molecule has 2 aromatic rings. The van der Waals surface area contributed by atoms with E-state index in [1.165, 1.54) is 16.7 Å². The van der Waals surface area contributed by atoms with Crippen molar-refractivity contribution in [2.45, 2.75) is 26.3 Å². The highest BCUT2D eigenvalue weighted by Crippen LogP contribution is 2.37. The molecule has 1 aliphatic heterocycles. The Morgan fingerprint density at radius 3 is 2.65 bits per heavy atom. The number of amides is 1.